The van der Waals surface area contributed by atoms with Crippen LogP contribution in [0.1, 0.15) is 27.7 Å². The first-order valence-corrected chi connectivity index (χ1v) is 9.40. The van der Waals surface area contributed by atoms with Gasteiger partial charge in [0.15, 0.2) is 0 Å². The highest BCUT2D eigenvalue weighted by molar-refractivity contribution is 7.83. The van der Waals surface area contributed by atoms with Crippen molar-refractivity contribution in [3.05, 3.63) is 30.3 Å². The zero-order valence-corrected chi connectivity index (χ0v) is 13.5. The van der Waals surface area contributed by atoms with Crippen LogP contribution in [0.4, 0.5) is 0 Å². The molecule has 106 valence electrons. The van der Waals surface area contributed by atoms with Crippen molar-refractivity contribution in [2.75, 3.05) is 18.5 Å². The highest BCUT2D eigenvalue weighted by Crippen LogP contribution is 2.59. The lowest BCUT2D eigenvalue weighted by molar-refractivity contribution is -0.115. The number of amides is 1. The monoisotopic (exact) mass is 280 g/mol. The third-order valence-corrected chi connectivity index (χ3v) is 8.36. The number of nitrogens with two attached hydrogens (primary N) is 1. The van der Waals surface area contributed by atoms with Gasteiger partial charge in [-0.05, 0) is 24.0 Å². The first-order chi connectivity index (χ1) is 8.85. The molecule has 0 spiro atoms. The van der Waals surface area contributed by atoms with Gasteiger partial charge in [0.05, 0.1) is 24.9 Å². The van der Waals surface area contributed by atoms with Gasteiger partial charge < -0.3 is 5.73 Å². The molecule has 0 fully saturated rings. The zero-order chi connectivity index (χ0) is 14.5. The van der Waals surface area contributed by atoms with Crippen LogP contribution in [0.3, 0.4) is 0 Å². The summed E-state index contributed by atoms with van der Waals surface area (Å²) in [6.07, 6.45) is 2.77. The summed E-state index contributed by atoms with van der Waals surface area (Å²) in [6.45, 7) is 8.94. The van der Waals surface area contributed by atoms with Crippen LogP contribution in [0.15, 0.2) is 30.3 Å². The van der Waals surface area contributed by atoms with Crippen LogP contribution in [-0.4, -0.2) is 24.4 Å². The highest BCUT2D eigenvalue weighted by Gasteiger charge is 2.42. The Hall–Kier alpha value is -0.880. The van der Waals surface area contributed by atoms with E-state index in [1.165, 1.54) is 5.30 Å². The van der Waals surface area contributed by atoms with E-state index in [9.17, 15) is 4.79 Å². The second-order valence-electron chi connectivity index (χ2n) is 6.26. The van der Waals surface area contributed by atoms with Gasteiger partial charge in [0.1, 0.15) is 6.16 Å². The van der Waals surface area contributed by atoms with E-state index in [0.717, 1.165) is 12.3 Å². The molecule has 0 saturated carbocycles. The summed E-state index contributed by atoms with van der Waals surface area (Å²) in [4.78, 5) is 11.6. The Labute approximate surface area is 118 Å². The molecular weight excluding hydrogens is 253 g/mol. The molecule has 0 heterocycles. The van der Waals surface area contributed by atoms with Gasteiger partial charge >= 0.3 is 0 Å². The summed E-state index contributed by atoms with van der Waals surface area (Å²) in [5, 5.41) is 1.36. The van der Waals surface area contributed by atoms with Crippen molar-refractivity contribution in [1.82, 2.24) is 0 Å². The lowest BCUT2D eigenvalue weighted by Gasteiger charge is -2.29. The van der Waals surface area contributed by atoms with Crippen LogP contribution in [0.25, 0.3) is 0 Å². The van der Waals surface area contributed by atoms with Crippen LogP contribution in [0.2, 0.25) is 0 Å². The number of hydrogen-bond donors (Lipinski definition) is 1. The number of carbonyl (C=O) groups excluding carboxylic acids is 1. The lowest BCUT2D eigenvalue weighted by atomic mass is 10.3. The number of hydrogen-bond acceptors (Lipinski definition) is 1. The minimum absolute atomic E-state index is 0.154. The summed E-state index contributed by atoms with van der Waals surface area (Å²) < 4.78 is 0. The normalized spacial score (nSPS) is 12.1. The Morgan fingerprint density at radius 2 is 1.53 bits per heavy atom. The molecule has 0 radical (unpaired) electrons. The van der Waals surface area contributed by atoms with Crippen molar-refractivity contribution in [2.45, 2.75) is 27.7 Å². The van der Waals surface area contributed by atoms with Crippen LogP contribution < -0.4 is 11.0 Å². The van der Waals surface area contributed by atoms with Crippen LogP contribution >= 0.6 is 7.26 Å². The predicted molar refractivity (Wildman–Crippen MR) is 86.5 cm³/mol. The maximum Gasteiger partial charge on any atom is 0.255 e. The molecule has 0 unspecified atom stereocenters. The summed E-state index contributed by atoms with van der Waals surface area (Å²) in [7, 11) is -1.49. The van der Waals surface area contributed by atoms with Crippen molar-refractivity contribution >= 4 is 18.5 Å². The van der Waals surface area contributed by atoms with E-state index in [4.69, 9.17) is 5.73 Å². The Kier molecular flexibility index (Phi) is 6.00. The summed E-state index contributed by atoms with van der Waals surface area (Å²) >= 11 is 0. The molecule has 0 aromatic heterocycles. The SMILES string of the molecule is CC(C)C[P+](CC(N)=O)(CC(C)C)c1ccccc1. The maximum atomic E-state index is 11.6. The van der Waals surface area contributed by atoms with Gasteiger partial charge in [0.25, 0.3) is 5.91 Å². The average Bonchev–Trinajstić information content (AvgIpc) is 2.27. The zero-order valence-electron chi connectivity index (χ0n) is 12.6. The number of carbonyl (C=O) groups is 1. The Morgan fingerprint density at radius 1 is 1.05 bits per heavy atom. The van der Waals surface area contributed by atoms with E-state index in [-0.39, 0.29) is 5.91 Å². The summed E-state index contributed by atoms with van der Waals surface area (Å²) in [5.74, 6) is 1.02. The quantitative estimate of drug-likeness (QED) is 0.766. The Balaban J connectivity index is 3.20. The third-order valence-electron chi connectivity index (χ3n) is 3.19. The molecule has 0 aliphatic rings. The molecule has 19 heavy (non-hydrogen) atoms. The van der Waals surface area contributed by atoms with E-state index in [1.54, 1.807) is 0 Å². The molecular formula is C16H27NOP+. The Bertz CT molecular complexity index is 390. The van der Waals surface area contributed by atoms with Crippen molar-refractivity contribution in [1.29, 1.82) is 0 Å². The average molecular weight is 280 g/mol. The van der Waals surface area contributed by atoms with Crippen molar-refractivity contribution in [3.63, 3.8) is 0 Å². The van der Waals surface area contributed by atoms with Gasteiger partial charge in [-0.1, -0.05) is 45.9 Å². The Morgan fingerprint density at radius 3 is 1.89 bits per heavy atom. The van der Waals surface area contributed by atoms with Crippen LogP contribution in [0, 0.1) is 11.8 Å². The molecule has 2 N–H and O–H groups in total. The molecule has 1 rings (SSSR count). The molecule has 0 saturated heterocycles. The minimum atomic E-state index is -1.49. The van der Waals surface area contributed by atoms with Gasteiger partial charge in [0, 0.05) is 0 Å². The van der Waals surface area contributed by atoms with Gasteiger partial charge in [-0.3, -0.25) is 4.79 Å². The minimum Gasteiger partial charge on any atom is -0.367 e. The first-order valence-electron chi connectivity index (χ1n) is 7.06. The fourth-order valence-electron chi connectivity index (χ4n) is 2.95. The second-order valence-corrected chi connectivity index (χ2v) is 10.1. The predicted octanol–water partition coefficient (Wildman–Crippen LogP) is 3.13. The van der Waals surface area contributed by atoms with E-state index >= 15 is 0 Å². The van der Waals surface area contributed by atoms with Crippen LogP contribution in [-0.2, 0) is 4.79 Å². The molecule has 1 aromatic carbocycles. The number of benzene rings is 1. The van der Waals surface area contributed by atoms with E-state index in [1.807, 2.05) is 6.07 Å². The van der Waals surface area contributed by atoms with Crippen molar-refractivity contribution in [2.24, 2.45) is 17.6 Å². The third kappa shape index (κ3) is 4.95. The van der Waals surface area contributed by atoms with Crippen LogP contribution in [0.5, 0.6) is 0 Å². The molecule has 0 atom stereocenters. The number of primary amides is 1. The lowest BCUT2D eigenvalue weighted by Crippen LogP contribution is -2.31. The summed E-state index contributed by atoms with van der Waals surface area (Å²) in [6, 6.07) is 10.5. The molecule has 0 aliphatic heterocycles. The standard InChI is InChI=1S/C16H26NOP/c1-13(2)10-19(11-14(3)4,12-16(17)18)15-8-6-5-7-9-15/h5-9,13-14H,10-12H2,1-4H3,(H-,17,18)/p+1. The van der Waals surface area contributed by atoms with Gasteiger partial charge in [-0.25, -0.2) is 0 Å². The molecule has 0 bridgehead atoms. The summed E-state index contributed by atoms with van der Waals surface area (Å²) in [5.41, 5.74) is 5.56. The molecule has 2 nitrogen and oxygen atoms in total. The van der Waals surface area contributed by atoms with Gasteiger partial charge in [-0.15, -0.1) is 0 Å². The van der Waals surface area contributed by atoms with Crippen molar-refractivity contribution in [3.8, 4) is 0 Å². The number of rotatable bonds is 7. The fraction of sp³-hybridized carbons (Fsp3) is 0.562. The largest absolute Gasteiger partial charge is 0.367 e. The van der Waals surface area contributed by atoms with Crippen molar-refractivity contribution < 1.29 is 4.79 Å². The van der Waals surface area contributed by atoms with E-state index in [0.29, 0.717) is 18.0 Å². The van der Waals surface area contributed by atoms with E-state index in [2.05, 4.69) is 52.0 Å². The smallest absolute Gasteiger partial charge is 0.255 e. The maximum absolute atomic E-state index is 11.6. The first kappa shape index (κ1) is 16.2. The molecule has 0 aliphatic carbocycles. The second kappa shape index (κ2) is 7.05. The molecule has 1 amide bonds. The van der Waals surface area contributed by atoms with Gasteiger partial charge in [0.2, 0.25) is 0 Å². The fourth-order valence-corrected chi connectivity index (χ4v) is 8.15. The molecule has 1 aromatic rings. The topological polar surface area (TPSA) is 43.1 Å². The molecule has 3 heteroatoms. The van der Waals surface area contributed by atoms with E-state index < -0.39 is 7.26 Å². The highest BCUT2D eigenvalue weighted by atomic mass is 31.2. The van der Waals surface area contributed by atoms with Gasteiger partial charge in [-0.2, -0.15) is 0 Å².